The van der Waals surface area contributed by atoms with Crippen LogP contribution in [0, 0.1) is 12.8 Å². The fourth-order valence-corrected chi connectivity index (χ4v) is 2.35. The normalized spacial score (nSPS) is 17.4. The van der Waals surface area contributed by atoms with Gasteiger partial charge in [0.2, 0.25) is 0 Å². The van der Waals surface area contributed by atoms with E-state index in [1.807, 2.05) is 18.2 Å². The highest BCUT2D eigenvalue weighted by Gasteiger charge is 2.14. The van der Waals surface area contributed by atoms with Crippen molar-refractivity contribution in [2.75, 3.05) is 19.7 Å². The highest BCUT2D eigenvalue weighted by atomic mass is 79.9. The Morgan fingerprint density at radius 2 is 2.12 bits per heavy atom. The van der Waals surface area contributed by atoms with E-state index in [4.69, 9.17) is 4.74 Å². The molecule has 0 aromatic heterocycles. The molecule has 1 aromatic rings. The van der Waals surface area contributed by atoms with Gasteiger partial charge in [-0.25, -0.2) is 0 Å². The molecule has 0 unspecified atom stereocenters. The number of benzene rings is 1. The summed E-state index contributed by atoms with van der Waals surface area (Å²) in [7, 11) is 0. The third kappa shape index (κ3) is 2.98. The van der Waals surface area contributed by atoms with Crippen LogP contribution in [0.1, 0.15) is 18.4 Å². The summed E-state index contributed by atoms with van der Waals surface area (Å²) in [6.07, 6.45) is 2.46. The molecule has 0 amide bonds. The molecule has 0 saturated carbocycles. The molecule has 0 aliphatic carbocycles. The van der Waals surface area contributed by atoms with Crippen molar-refractivity contribution in [1.29, 1.82) is 0 Å². The van der Waals surface area contributed by atoms with Gasteiger partial charge in [0.15, 0.2) is 0 Å². The topological polar surface area (TPSA) is 21.3 Å². The van der Waals surface area contributed by atoms with Crippen LogP contribution in [0.25, 0.3) is 0 Å². The number of hydrogen-bond acceptors (Lipinski definition) is 2. The minimum atomic E-state index is 0.708. The second kappa shape index (κ2) is 5.69. The van der Waals surface area contributed by atoms with Gasteiger partial charge in [-0.15, -0.1) is 0 Å². The Labute approximate surface area is 106 Å². The highest BCUT2D eigenvalue weighted by Crippen LogP contribution is 2.26. The van der Waals surface area contributed by atoms with Crippen LogP contribution in [0.3, 0.4) is 0 Å². The first kappa shape index (κ1) is 11.9. The summed E-state index contributed by atoms with van der Waals surface area (Å²) in [4.78, 5) is 0. The first-order valence-corrected chi connectivity index (χ1v) is 6.65. The molecule has 1 saturated heterocycles. The quantitative estimate of drug-likeness (QED) is 0.920. The smallest absolute Gasteiger partial charge is 0.123 e. The predicted octanol–water partition coefficient (Wildman–Crippen LogP) is 3.14. The van der Waals surface area contributed by atoms with Crippen LogP contribution in [0.15, 0.2) is 22.7 Å². The zero-order valence-corrected chi connectivity index (χ0v) is 11.2. The van der Waals surface area contributed by atoms with E-state index >= 15 is 0 Å². The third-order valence-corrected chi connectivity index (χ3v) is 4.01. The molecule has 1 aliphatic heterocycles. The maximum absolute atomic E-state index is 5.90. The minimum absolute atomic E-state index is 0.708. The second-order valence-electron chi connectivity index (χ2n) is 4.37. The van der Waals surface area contributed by atoms with E-state index in [-0.39, 0.29) is 0 Å². The van der Waals surface area contributed by atoms with Crippen LogP contribution in [0.2, 0.25) is 0 Å². The van der Waals surface area contributed by atoms with Gasteiger partial charge < -0.3 is 10.1 Å². The summed E-state index contributed by atoms with van der Waals surface area (Å²) in [6.45, 7) is 5.19. The van der Waals surface area contributed by atoms with E-state index in [1.54, 1.807) is 0 Å². The molecule has 88 valence electrons. The van der Waals surface area contributed by atoms with Crippen LogP contribution in [-0.2, 0) is 0 Å². The largest absolute Gasteiger partial charge is 0.493 e. The molecular formula is C13H18BrNO. The van der Waals surface area contributed by atoms with E-state index in [1.165, 1.54) is 18.4 Å². The molecule has 1 fully saturated rings. The molecule has 1 aliphatic rings. The Morgan fingerprint density at radius 3 is 2.88 bits per heavy atom. The molecule has 0 bridgehead atoms. The lowest BCUT2D eigenvalue weighted by atomic mass is 9.99. The van der Waals surface area contributed by atoms with Crippen molar-refractivity contribution in [2.24, 2.45) is 5.92 Å². The van der Waals surface area contributed by atoms with Gasteiger partial charge in [-0.05, 0) is 50.9 Å². The van der Waals surface area contributed by atoms with Crippen LogP contribution in [0.5, 0.6) is 5.75 Å². The number of rotatable bonds is 3. The molecule has 1 heterocycles. The Kier molecular flexibility index (Phi) is 4.24. The Morgan fingerprint density at radius 1 is 1.38 bits per heavy atom. The van der Waals surface area contributed by atoms with Crippen molar-refractivity contribution < 1.29 is 4.74 Å². The van der Waals surface area contributed by atoms with Crippen molar-refractivity contribution in [3.63, 3.8) is 0 Å². The molecule has 2 rings (SSSR count). The number of piperidine rings is 1. The van der Waals surface area contributed by atoms with Gasteiger partial charge in [0.05, 0.1) is 6.61 Å². The van der Waals surface area contributed by atoms with Gasteiger partial charge >= 0.3 is 0 Å². The fourth-order valence-electron chi connectivity index (χ4n) is 2.00. The summed E-state index contributed by atoms with van der Waals surface area (Å²) in [5.74, 6) is 1.72. The first-order chi connectivity index (χ1) is 7.77. The first-order valence-electron chi connectivity index (χ1n) is 5.86. The molecule has 0 atom stereocenters. The van der Waals surface area contributed by atoms with E-state index in [9.17, 15) is 0 Å². The van der Waals surface area contributed by atoms with Crippen molar-refractivity contribution >= 4 is 15.9 Å². The summed E-state index contributed by atoms with van der Waals surface area (Å²) >= 11 is 3.52. The molecular weight excluding hydrogens is 266 g/mol. The van der Waals surface area contributed by atoms with Crippen LogP contribution in [-0.4, -0.2) is 19.7 Å². The average molecular weight is 284 g/mol. The zero-order valence-electron chi connectivity index (χ0n) is 9.63. The Hall–Kier alpha value is -0.540. The van der Waals surface area contributed by atoms with E-state index in [0.717, 1.165) is 29.9 Å². The van der Waals surface area contributed by atoms with Crippen LogP contribution < -0.4 is 10.1 Å². The lowest BCUT2D eigenvalue weighted by Crippen LogP contribution is -2.30. The predicted molar refractivity (Wildman–Crippen MR) is 70.0 cm³/mol. The molecule has 1 N–H and O–H groups in total. The van der Waals surface area contributed by atoms with E-state index < -0.39 is 0 Å². The highest BCUT2D eigenvalue weighted by molar-refractivity contribution is 9.10. The maximum Gasteiger partial charge on any atom is 0.123 e. The molecule has 1 aromatic carbocycles. The summed E-state index contributed by atoms with van der Waals surface area (Å²) in [5.41, 5.74) is 1.19. The second-order valence-corrected chi connectivity index (χ2v) is 5.22. The molecule has 0 radical (unpaired) electrons. The van der Waals surface area contributed by atoms with Gasteiger partial charge in [-0.3, -0.25) is 0 Å². The molecule has 16 heavy (non-hydrogen) atoms. The number of nitrogens with one attached hydrogen (secondary N) is 1. The molecule has 0 spiro atoms. The SMILES string of the molecule is Cc1c(Br)cccc1OCC1CCNCC1. The third-order valence-electron chi connectivity index (χ3n) is 3.15. The Bertz CT molecular complexity index is 348. The van der Waals surface area contributed by atoms with Crippen molar-refractivity contribution in [3.8, 4) is 5.75 Å². The van der Waals surface area contributed by atoms with Gasteiger partial charge in [0, 0.05) is 10.0 Å². The lowest BCUT2D eigenvalue weighted by molar-refractivity contribution is 0.214. The van der Waals surface area contributed by atoms with E-state index in [2.05, 4.69) is 28.2 Å². The van der Waals surface area contributed by atoms with E-state index in [0.29, 0.717) is 5.92 Å². The van der Waals surface area contributed by atoms with Crippen molar-refractivity contribution in [3.05, 3.63) is 28.2 Å². The standard InChI is InChI=1S/C13H18BrNO/c1-10-12(14)3-2-4-13(10)16-9-11-5-7-15-8-6-11/h2-4,11,15H,5-9H2,1H3. The molecule has 2 nitrogen and oxygen atoms in total. The van der Waals surface area contributed by atoms with Crippen molar-refractivity contribution in [1.82, 2.24) is 5.32 Å². The Balaban J connectivity index is 1.91. The average Bonchev–Trinajstić information content (AvgIpc) is 2.32. The molecule has 3 heteroatoms. The zero-order chi connectivity index (χ0) is 11.4. The summed E-state index contributed by atoms with van der Waals surface area (Å²) in [6, 6.07) is 6.11. The lowest BCUT2D eigenvalue weighted by Gasteiger charge is -2.23. The van der Waals surface area contributed by atoms with Gasteiger partial charge in [0.25, 0.3) is 0 Å². The fraction of sp³-hybridized carbons (Fsp3) is 0.538. The number of ether oxygens (including phenoxy) is 1. The van der Waals surface area contributed by atoms with Crippen LogP contribution >= 0.6 is 15.9 Å². The summed E-state index contributed by atoms with van der Waals surface area (Å²) in [5, 5.41) is 3.37. The van der Waals surface area contributed by atoms with Gasteiger partial charge in [-0.1, -0.05) is 22.0 Å². The number of halogens is 1. The van der Waals surface area contributed by atoms with Gasteiger partial charge in [-0.2, -0.15) is 0 Å². The maximum atomic E-state index is 5.90. The minimum Gasteiger partial charge on any atom is -0.493 e. The van der Waals surface area contributed by atoms with Crippen molar-refractivity contribution in [2.45, 2.75) is 19.8 Å². The monoisotopic (exact) mass is 283 g/mol. The summed E-state index contributed by atoms with van der Waals surface area (Å²) < 4.78 is 7.02. The van der Waals surface area contributed by atoms with Gasteiger partial charge in [0.1, 0.15) is 5.75 Å². The number of hydrogen-bond donors (Lipinski definition) is 1. The van der Waals surface area contributed by atoms with Crippen LogP contribution in [0.4, 0.5) is 0 Å².